The molecule has 126 valence electrons. The van der Waals surface area contributed by atoms with E-state index in [0.717, 1.165) is 5.56 Å². The van der Waals surface area contributed by atoms with Gasteiger partial charge in [0.1, 0.15) is 0 Å². The molecular weight excluding hydrogens is 314 g/mol. The second kappa shape index (κ2) is 6.55. The molecular formula is C18H18F2N2O2. The number of benzene rings is 1. The van der Waals surface area contributed by atoms with E-state index in [4.69, 9.17) is 0 Å². The summed E-state index contributed by atoms with van der Waals surface area (Å²) in [6, 6.07) is 11.8. The predicted molar refractivity (Wildman–Crippen MR) is 87.1 cm³/mol. The number of aromatic amines is 1. The van der Waals surface area contributed by atoms with Crippen molar-refractivity contribution in [2.24, 2.45) is 5.92 Å². The highest BCUT2D eigenvalue weighted by Gasteiger charge is 2.43. The van der Waals surface area contributed by atoms with Gasteiger partial charge in [0.25, 0.3) is 11.8 Å². The van der Waals surface area contributed by atoms with Crippen LogP contribution < -0.4 is 10.9 Å². The Hall–Kier alpha value is -2.50. The van der Waals surface area contributed by atoms with Crippen molar-refractivity contribution in [2.45, 2.75) is 25.2 Å². The minimum atomic E-state index is -2.73. The first-order valence-corrected chi connectivity index (χ1v) is 7.91. The van der Waals surface area contributed by atoms with E-state index in [9.17, 15) is 18.4 Å². The third-order valence-electron chi connectivity index (χ3n) is 4.36. The number of pyridine rings is 1. The molecule has 4 nitrogen and oxygen atoms in total. The van der Waals surface area contributed by atoms with Crippen molar-refractivity contribution < 1.29 is 13.6 Å². The van der Waals surface area contributed by atoms with Crippen molar-refractivity contribution in [2.75, 3.05) is 6.54 Å². The van der Waals surface area contributed by atoms with Crippen molar-refractivity contribution in [3.63, 3.8) is 0 Å². The van der Waals surface area contributed by atoms with Gasteiger partial charge in [-0.05, 0) is 24.5 Å². The number of amides is 1. The molecule has 6 heteroatoms. The summed E-state index contributed by atoms with van der Waals surface area (Å²) in [5.74, 6) is -4.07. The van der Waals surface area contributed by atoms with Crippen LogP contribution in [0.25, 0.3) is 11.3 Å². The largest absolute Gasteiger partial charge is 0.352 e. The molecule has 24 heavy (non-hydrogen) atoms. The molecule has 1 aliphatic rings. The van der Waals surface area contributed by atoms with Crippen molar-refractivity contribution in [3.05, 3.63) is 58.4 Å². The maximum absolute atomic E-state index is 13.6. The molecule has 1 amide bonds. The van der Waals surface area contributed by atoms with E-state index in [1.54, 1.807) is 6.07 Å². The van der Waals surface area contributed by atoms with Crippen LogP contribution in [-0.4, -0.2) is 23.4 Å². The normalized spacial score (nSPS) is 19.2. The van der Waals surface area contributed by atoms with Crippen molar-refractivity contribution in [1.82, 2.24) is 10.3 Å². The minimum Gasteiger partial charge on any atom is -0.352 e. The molecule has 0 radical (unpaired) electrons. The molecule has 1 aliphatic carbocycles. The monoisotopic (exact) mass is 332 g/mol. The molecule has 0 aliphatic heterocycles. The molecule has 3 rings (SSSR count). The first-order valence-electron chi connectivity index (χ1n) is 7.91. The smallest absolute Gasteiger partial charge is 0.252 e. The van der Waals surface area contributed by atoms with E-state index in [0.29, 0.717) is 18.5 Å². The molecule has 1 aromatic carbocycles. The summed E-state index contributed by atoms with van der Waals surface area (Å²) < 4.78 is 27.2. The Labute approximate surface area is 137 Å². The number of H-pyrrole nitrogens is 1. The molecule has 1 fully saturated rings. The van der Waals surface area contributed by atoms with Gasteiger partial charge >= 0.3 is 0 Å². The number of carbonyl (C=O) groups excluding carboxylic acids is 1. The quantitative estimate of drug-likeness (QED) is 0.903. The maximum atomic E-state index is 13.6. The molecule has 1 heterocycles. The van der Waals surface area contributed by atoms with E-state index in [2.05, 4.69) is 10.3 Å². The molecule has 0 bridgehead atoms. The first kappa shape index (κ1) is 16.4. The fourth-order valence-electron chi connectivity index (χ4n) is 3.02. The Morgan fingerprint density at radius 3 is 2.67 bits per heavy atom. The summed E-state index contributed by atoms with van der Waals surface area (Å²) >= 11 is 0. The van der Waals surface area contributed by atoms with Gasteiger partial charge in [-0.15, -0.1) is 0 Å². The zero-order chi connectivity index (χ0) is 17.2. The van der Waals surface area contributed by atoms with Crippen LogP contribution in [0.5, 0.6) is 0 Å². The van der Waals surface area contributed by atoms with Gasteiger partial charge in [0, 0.05) is 36.2 Å². The van der Waals surface area contributed by atoms with E-state index in [1.165, 1.54) is 6.07 Å². The molecule has 2 aromatic rings. The summed E-state index contributed by atoms with van der Waals surface area (Å²) in [5, 5.41) is 2.53. The lowest BCUT2D eigenvalue weighted by Crippen LogP contribution is -2.35. The van der Waals surface area contributed by atoms with Crippen LogP contribution in [0, 0.1) is 5.92 Å². The highest BCUT2D eigenvalue weighted by atomic mass is 19.3. The predicted octanol–water partition coefficient (Wildman–Crippen LogP) is 3.21. The number of carbonyl (C=O) groups is 1. The summed E-state index contributed by atoms with van der Waals surface area (Å²) in [6.07, 6.45) is 0.741. The SMILES string of the molecule is O=C(NCC1CCCC1(F)F)c1cc(-c2ccccc2)[nH]c(=O)c1. The Morgan fingerprint density at radius 1 is 1.25 bits per heavy atom. The fraction of sp³-hybridized carbons (Fsp3) is 0.333. The van der Waals surface area contributed by atoms with Crippen LogP contribution in [-0.2, 0) is 0 Å². The molecule has 1 aromatic heterocycles. The van der Waals surface area contributed by atoms with Crippen LogP contribution in [0.2, 0.25) is 0 Å². The van der Waals surface area contributed by atoms with E-state index in [-0.39, 0.29) is 18.5 Å². The van der Waals surface area contributed by atoms with Gasteiger partial charge in [-0.25, -0.2) is 8.78 Å². The lowest BCUT2D eigenvalue weighted by molar-refractivity contribution is -0.0352. The third-order valence-corrected chi connectivity index (χ3v) is 4.36. The second-order valence-electron chi connectivity index (χ2n) is 6.07. The Balaban J connectivity index is 1.76. The lowest BCUT2D eigenvalue weighted by atomic mass is 10.0. The Kier molecular flexibility index (Phi) is 4.46. The Bertz CT molecular complexity index is 787. The van der Waals surface area contributed by atoms with Crippen LogP contribution in [0.15, 0.2) is 47.3 Å². The number of hydrogen-bond donors (Lipinski definition) is 2. The van der Waals surface area contributed by atoms with Gasteiger partial charge in [-0.3, -0.25) is 9.59 Å². The summed E-state index contributed by atoms with van der Waals surface area (Å²) in [5.41, 5.74) is 1.04. The minimum absolute atomic E-state index is 0.0840. The average molecular weight is 332 g/mol. The topological polar surface area (TPSA) is 62.0 Å². The third kappa shape index (κ3) is 3.53. The summed E-state index contributed by atoms with van der Waals surface area (Å²) in [6.45, 7) is -0.0840. The van der Waals surface area contributed by atoms with Crippen molar-refractivity contribution >= 4 is 5.91 Å². The zero-order valence-electron chi connectivity index (χ0n) is 13.0. The average Bonchev–Trinajstić information content (AvgIpc) is 2.91. The molecule has 1 unspecified atom stereocenters. The molecule has 0 saturated heterocycles. The zero-order valence-corrected chi connectivity index (χ0v) is 13.0. The molecule has 1 saturated carbocycles. The van der Waals surface area contributed by atoms with Crippen LogP contribution in [0.1, 0.15) is 29.6 Å². The van der Waals surface area contributed by atoms with Crippen molar-refractivity contribution in [3.8, 4) is 11.3 Å². The highest BCUT2D eigenvalue weighted by Crippen LogP contribution is 2.39. The van der Waals surface area contributed by atoms with Gasteiger partial charge in [0.15, 0.2) is 0 Å². The lowest BCUT2D eigenvalue weighted by Gasteiger charge is -2.19. The first-order chi connectivity index (χ1) is 11.5. The number of alkyl halides is 2. The van der Waals surface area contributed by atoms with Crippen molar-refractivity contribution in [1.29, 1.82) is 0 Å². The number of rotatable bonds is 4. The maximum Gasteiger partial charge on any atom is 0.252 e. The van der Waals surface area contributed by atoms with Crippen LogP contribution in [0.4, 0.5) is 8.78 Å². The Morgan fingerprint density at radius 2 is 2.00 bits per heavy atom. The van der Waals surface area contributed by atoms with Crippen LogP contribution in [0.3, 0.4) is 0 Å². The van der Waals surface area contributed by atoms with Gasteiger partial charge in [-0.1, -0.05) is 30.3 Å². The van der Waals surface area contributed by atoms with Crippen LogP contribution >= 0.6 is 0 Å². The number of nitrogens with one attached hydrogen (secondary N) is 2. The van der Waals surface area contributed by atoms with E-state index < -0.39 is 23.3 Å². The number of hydrogen-bond acceptors (Lipinski definition) is 2. The van der Waals surface area contributed by atoms with Gasteiger partial charge in [-0.2, -0.15) is 0 Å². The van der Waals surface area contributed by atoms with E-state index >= 15 is 0 Å². The number of aromatic nitrogens is 1. The fourth-order valence-corrected chi connectivity index (χ4v) is 3.02. The van der Waals surface area contributed by atoms with Gasteiger partial charge in [0.2, 0.25) is 5.56 Å². The van der Waals surface area contributed by atoms with Gasteiger partial charge < -0.3 is 10.3 Å². The van der Waals surface area contributed by atoms with E-state index in [1.807, 2.05) is 30.3 Å². The summed E-state index contributed by atoms with van der Waals surface area (Å²) in [4.78, 5) is 26.7. The van der Waals surface area contributed by atoms with Gasteiger partial charge in [0.05, 0.1) is 0 Å². The second-order valence-corrected chi connectivity index (χ2v) is 6.07. The standard InChI is InChI=1S/C18H18F2N2O2/c19-18(20)8-4-7-14(18)11-21-17(24)13-9-15(22-16(23)10-13)12-5-2-1-3-6-12/h1-3,5-6,9-10,14H,4,7-8,11H2,(H,21,24)(H,22,23). The summed E-state index contributed by atoms with van der Waals surface area (Å²) in [7, 11) is 0. The molecule has 2 N–H and O–H groups in total. The number of halogens is 2. The highest BCUT2D eigenvalue weighted by molar-refractivity contribution is 5.95. The molecule has 0 spiro atoms. The molecule has 1 atom stereocenters.